The standard InChI is InChI=1S/C26H33BrN4O/c1-17-29-24(21-9-5-6-10-23(21)27)14-25(30-17)22-16-31-12-11-19(22)13-20(31)15-28-26(32)18-7-3-2-4-8-18/h5-6,9-10,14,18-20,22H,2-4,7-8,11-13,15-16H2,1H3,(H,28,32)/t19-,20+,22+/m0/s1. The summed E-state index contributed by atoms with van der Waals surface area (Å²) in [5.41, 5.74) is 3.28. The molecule has 1 saturated carbocycles. The van der Waals surface area contributed by atoms with Crippen molar-refractivity contribution in [3.8, 4) is 11.3 Å². The molecule has 6 heteroatoms. The van der Waals surface area contributed by atoms with Crippen LogP contribution in [0.15, 0.2) is 34.8 Å². The van der Waals surface area contributed by atoms with Gasteiger partial charge in [-0.05, 0) is 57.2 Å². The van der Waals surface area contributed by atoms with Crippen LogP contribution in [0.4, 0.5) is 0 Å². The zero-order chi connectivity index (χ0) is 22.1. The summed E-state index contributed by atoms with van der Waals surface area (Å²) in [6, 6.07) is 10.9. The van der Waals surface area contributed by atoms with E-state index in [2.05, 4.69) is 50.4 Å². The third-order valence-electron chi connectivity index (χ3n) is 7.75. The summed E-state index contributed by atoms with van der Waals surface area (Å²) in [7, 11) is 0. The molecule has 4 fully saturated rings. The summed E-state index contributed by atoms with van der Waals surface area (Å²) in [6.45, 7) is 4.95. The van der Waals surface area contributed by atoms with Crippen molar-refractivity contribution in [3.05, 3.63) is 46.3 Å². The van der Waals surface area contributed by atoms with Crippen molar-refractivity contribution < 1.29 is 4.79 Å². The molecule has 32 heavy (non-hydrogen) atoms. The van der Waals surface area contributed by atoms with Crippen LogP contribution in [0.25, 0.3) is 11.3 Å². The van der Waals surface area contributed by atoms with Crippen LogP contribution < -0.4 is 5.32 Å². The van der Waals surface area contributed by atoms with Gasteiger partial charge in [0.15, 0.2) is 0 Å². The first kappa shape index (κ1) is 22.0. The topological polar surface area (TPSA) is 58.1 Å². The maximum atomic E-state index is 12.6. The Kier molecular flexibility index (Phi) is 6.61. The summed E-state index contributed by atoms with van der Waals surface area (Å²) in [6.07, 6.45) is 8.19. The number of aryl methyl sites for hydroxylation is 1. The number of hydrogen-bond acceptors (Lipinski definition) is 4. The van der Waals surface area contributed by atoms with E-state index in [4.69, 9.17) is 9.97 Å². The number of halogens is 1. The first-order valence-electron chi connectivity index (χ1n) is 12.2. The van der Waals surface area contributed by atoms with Gasteiger partial charge in [-0.15, -0.1) is 0 Å². The number of carbonyl (C=O) groups excluding carboxylic acids is 1. The summed E-state index contributed by atoms with van der Waals surface area (Å²) in [5, 5.41) is 3.30. The highest BCUT2D eigenvalue weighted by Gasteiger charge is 2.41. The molecule has 5 nitrogen and oxygen atoms in total. The summed E-state index contributed by atoms with van der Waals surface area (Å²) >= 11 is 3.67. The van der Waals surface area contributed by atoms with E-state index in [9.17, 15) is 4.79 Å². The lowest BCUT2D eigenvalue weighted by Gasteiger charge is -2.49. The Morgan fingerprint density at radius 1 is 1.16 bits per heavy atom. The van der Waals surface area contributed by atoms with Crippen LogP contribution >= 0.6 is 15.9 Å². The quantitative estimate of drug-likeness (QED) is 0.626. The minimum atomic E-state index is 0.243. The van der Waals surface area contributed by atoms with Crippen LogP contribution in [0.2, 0.25) is 0 Å². The van der Waals surface area contributed by atoms with Gasteiger partial charge in [0, 0.05) is 46.7 Å². The largest absolute Gasteiger partial charge is 0.354 e. The van der Waals surface area contributed by atoms with E-state index in [1.54, 1.807) is 0 Å². The number of carbonyl (C=O) groups is 1. The molecular formula is C26H33BrN4O. The number of piperidine rings is 3. The number of fused-ring (bicyclic) bond motifs is 3. The molecule has 0 spiro atoms. The predicted molar refractivity (Wildman–Crippen MR) is 130 cm³/mol. The second-order valence-electron chi connectivity index (χ2n) is 9.82. The van der Waals surface area contributed by atoms with Crippen LogP contribution in [0.3, 0.4) is 0 Å². The Morgan fingerprint density at radius 3 is 2.72 bits per heavy atom. The van der Waals surface area contributed by atoms with Crippen molar-refractivity contribution in [1.29, 1.82) is 0 Å². The van der Waals surface area contributed by atoms with Gasteiger partial charge in [-0.3, -0.25) is 9.69 Å². The van der Waals surface area contributed by atoms with E-state index in [0.29, 0.717) is 17.9 Å². The molecule has 2 aromatic rings. The molecule has 1 aromatic carbocycles. The van der Waals surface area contributed by atoms with Gasteiger partial charge < -0.3 is 5.32 Å². The maximum Gasteiger partial charge on any atom is 0.223 e. The number of aromatic nitrogens is 2. The van der Waals surface area contributed by atoms with Crippen LogP contribution in [-0.4, -0.2) is 46.5 Å². The number of hydrogen-bond donors (Lipinski definition) is 1. The zero-order valence-electron chi connectivity index (χ0n) is 18.9. The molecule has 3 aliphatic heterocycles. The third kappa shape index (κ3) is 4.62. The van der Waals surface area contributed by atoms with Crippen LogP contribution in [-0.2, 0) is 4.79 Å². The Morgan fingerprint density at radius 2 is 1.97 bits per heavy atom. The average Bonchev–Trinajstić information content (AvgIpc) is 2.83. The molecule has 1 aromatic heterocycles. The number of nitrogens with one attached hydrogen (secondary N) is 1. The van der Waals surface area contributed by atoms with E-state index in [1.807, 2.05) is 13.0 Å². The van der Waals surface area contributed by atoms with E-state index in [0.717, 1.165) is 60.5 Å². The van der Waals surface area contributed by atoms with Gasteiger partial charge in [0.05, 0.1) is 5.69 Å². The van der Waals surface area contributed by atoms with E-state index in [1.165, 1.54) is 31.4 Å². The molecule has 4 aliphatic rings. The average molecular weight is 497 g/mol. The zero-order valence-corrected chi connectivity index (χ0v) is 20.5. The van der Waals surface area contributed by atoms with Gasteiger partial charge >= 0.3 is 0 Å². The lowest BCUT2D eigenvalue weighted by atomic mass is 9.74. The highest BCUT2D eigenvalue weighted by Crippen LogP contribution is 2.42. The van der Waals surface area contributed by atoms with E-state index < -0.39 is 0 Å². The van der Waals surface area contributed by atoms with Crippen molar-refractivity contribution in [2.45, 2.75) is 63.8 Å². The molecule has 1 amide bonds. The van der Waals surface area contributed by atoms with Crippen molar-refractivity contribution in [3.63, 3.8) is 0 Å². The monoisotopic (exact) mass is 496 g/mol. The lowest BCUT2D eigenvalue weighted by molar-refractivity contribution is -0.126. The highest BCUT2D eigenvalue weighted by molar-refractivity contribution is 9.10. The number of rotatable bonds is 5. The summed E-state index contributed by atoms with van der Waals surface area (Å²) < 4.78 is 1.06. The second kappa shape index (κ2) is 9.60. The first-order valence-corrected chi connectivity index (χ1v) is 13.0. The third-order valence-corrected chi connectivity index (χ3v) is 8.45. The molecule has 170 valence electrons. The minimum Gasteiger partial charge on any atom is -0.354 e. The van der Waals surface area contributed by atoms with Gasteiger partial charge in [0.25, 0.3) is 0 Å². The van der Waals surface area contributed by atoms with Gasteiger partial charge in [0.2, 0.25) is 5.91 Å². The number of nitrogens with zero attached hydrogens (tertiary/aromatic N) is 3. The van der Waals surface area contributed by atoms with Crippen molar-refractivity contribution in [2.24, 2.45) is 11.8 Å². The Labute approximate surface area is 199 Å². The molecule has 1 aliphatic carbocycles. The Balaban J connectivity index is 1.27. The van der Waals surface area contributed by atoms with Crippen molar-refractivity contribution in [2.75, 3.05) is 19.6 Å². The molecule has 1 N–H and O–H groups in total. The predicted octanol–water partition coefficient (Wildman–Crippen LogP) is 5.09. The second-order valence-corrected chi connectivity index (χ2v) is 10.7. The SMILES string of the molecule is Cc1nc(-c2ccccc2Br)cc([C@@H]2CN3CC[C@H]2C[C@@H]3CNC(=O)C2CCCCC2)n1. The first-order chi connectivity index (χ1) is 15.6. The van der Waals surface area contributed by atoms with E-state index >= 15 is 0 Å². The highest BCUT2D eigenvalue weighted by atomic mass is 79.9. The molecule has 4 atom stereocenters. The van der Waals surface area contributed by atoms with Gasteiger partial charge in [-0.1, -0.05) is 53.4 Å². The fourth-order valence-corrected chi connectivity index (χ4v) is 6.49. The molecular weight excluding hydrogens is 464 g/mol. The Bertz CT molecular complexity index is 974. The molecule has 3 saturated heterocycles. The van der Waals surface area contributed by atoms with E-state index in [-0.39, 0.29) is 11.8 Å². The van der Waals surface area contributed by atoms with Crippen molar-refractivity contribution in [1.82, 2.24) is 20.2 Å². The van der Waals surface area contributed by atoms with Crippen LogP contribution in [0, 0.1) is 18.8 Å². The summed E-state index contributed by atoms with van der Waals surface area (Å²) in [4.78, 5) is 24.8. The molecule has 0 radical (unpaired) electrons. The summed E-state index contributed by atoms with van der Waals surface area (Å²) in [5.74, 6) is 2.43. The smallest absolute Gasteiger partial charge is 0.223 e. The molecule has 4 heterocycles. The van der Waals surface area contributed by atoms with Gasteiger partial charge in [0.1, 0.15) is 5.82 Å². The fraction of sp³-hybridized carbons (Fsp3) is 0.577. The molecule has 2 bridgehead atoms. The normalized spacial score (nSPS) is 27.9. The number of benzene rings is 1. The fourth-order valence-electron chi connectivity index (χ4n) is 6.00. The van der Waals surface area contributed by atoms with Crippen molar-refractivity contribution >= 4 is 21.8 Å². The Hall–Kier alpha value is -1.79. The van der Waals surface area contributed by atoms with Gasteiger partial charge in [-0.2, -0.15) is 0 Å². The molecule has 6 rings (SSSR count). The maximum absolute atomic E-state index is 12.6. The minimum absolute atomic E-state index is 0.243. The molecule has 1 unspecified atom stereocenters. The van der Waals surface area contributed by atoms with Gasteiger partial charge in [-0.25, -0.2) is 9.97 Å². The van der Waals surface area contributed by atoms with Crippen LogP contribution in [0.5, 0.6) is 0 Å². The van der Waals surface area contributed by atoms with Crippen LogP contribution in [0.1, 0.15) is 62.4 Å². The number of amides is 1. The lowest BCUT2D eigenvalue weighted by Crippen LogP contribution is -2.56.